The smallest absolute Gasteiger partial charge is 0.282 e. The fraction of sp³-hybridized carbons (Fsp3) is 0.167. The van der Waals surface area contributed by atoms with Crippen LogP contribution in [0.2, 0.25) is 0 Å². The summed E-state index contributed by atoms with van der Waals surface area (Å²) in [5.74, 6) is 0. The number of anilines is 1. The lowest BCUT2D eigenvalue weighted by Crippen LogP contribution is -2.04. The fourth-order valence-electron chi connectivity index (χ4n) is 0.857. The van der Waals surface area contributed by atoms with Crippen LogP contribution in [0.15, 0.2) is 17.2 Å². The van der Waals surface area contributed by atoms with E-state index >= 15 is 0 Å². The SMILES string of the molecule is Nc1c(S(=O)(=O)Cl)ccnc1C(F)F. The highest BCUT2D eigenvalue weighted by atomic mass is 35.7. The molecule has 1 aromatic heterocycles. The van der Waals surface area contributed by atoms with Gasteiger partial charge in [0.05, 0.1) is 5.69 Å². The molecule has 0 bridgehead atoms. The molecule has 0 saturated carbocycles. The number of alkyl halides is 2. The average molecular weight is 243 g/mol. The highest BCUT2D eigenvalue weighted by Gasteiger charge is 2.21. The summed E-state index contributed by atoms with van der Waals surface area (Å²) in [7, 11) is 0.844. The van der Waals surface area contributed by atoms with Crippen LogP contribution in [-0.2, 0) is 9.05 Å². The molecule has 0 amide bonds. The van der Waals surface area contributed by atoms with Gasteiger partial charge < -0.3 is 5.73 Å². The van der Waals surface area contributed by atoms with Gasteiger partial charge in [0.25, 0.3) is 15.5 Å². The molecule has 0 aromatic carbocycles. The minimum Gasteiger partial charge on any atom is -0.396 e. The van der Waals surface area contributed by atoms with Crippen molar-refractivity contribution >= 4 is 25.4 Å². The molecule has 0 aliphatic rings. The molecule has 78 valence electrons. The summed E-state index contributed by atoms with van der Waals surface area (Å²) in [5.41, 5.74) is 3.77. The standard InChI is InChI=1S/C6H5ClF2N2O2S/c7-14(12,13)3-1-2-11-5(4(3)10)6(8)9/h1-2,6H,10H2. The van der Waals surface area contributed by atoms with Gasteiger partial charge in [0.15, 0.2) is 0 Å². The van der Waals surface area contributed by atoms with Crippen LogP contribution in [0.1, 0.15) is 12.1 Å². The number of aromatic nitrogens is 1. The molecule has 0 atom stereocenters. The number of rotatable bonds is 2. The molecule has 0 saturated heterocycles. The van der Waals surface area contributed by atoms with Crippen LogP contribution in [0.3, 0.4) is 0 Å². The highest BCUT2D eigenvalue weighted by molar-refractivity contribution is 8.13. The number of nitrogen functional groups attached to an aromatic ring is 1. The first-order valence-corrected chi connectivity index (χ1v) is 5.62. The molecule has 0 unspecified atom stereocenters. The van der Waals surface area contributed by atoms with Gasteiger partial charge in [-0.2, -0.15) is 0 Å². The van der Waals surface area contributed by atoms with Gasteiger partial charge in [-0.05, 0) is 6.07 Å². The summed E-state index contributed by atoms with van der Waals surface area (Å²) in [6, 6.07) is 0.962. The van der Waals surface area contributed by atoms with E-state index in [0.717, 1.165) is 12.3 Å². The fourth-order valence-corrected chi connectivity index (χ4v) is 1.85. The zero-order valence-electron chi connectivity index (χ0n) is 6.62. The lowest BCUT2D eigenvalue weighted by molar-refractivity contribution is 0.147. The zero-order valence-corrected chi connectivity index (χ0v) is 8.19. The minimum absolute atomic E-state index is 0.551. The van der Waals surface area contributed by atoms with Crippen LogP contribution in [0.4, 0.5) is 14.5 Å². The predicted octanol–water partition coefficient (Wildman–Crippen LogP) is 1.53. The second-order valence-corrected chi connectivity index (χ2v) is 4.88. The van der Waals surface area contributed by atoms with E-state index < -0.39 is 31.8 Å². The van der Waals surface area contributed by atoms with E-state index in [1.807, 2.05) is 0 Å². The van der Waals surface area contributed by atoms with E-state index in [-0.39, 0.29) is 0 Å². The molecule has 2 N–H and O–H groups in total. The number of nitrogens with zero attached hydrogens (tertiary/aromatic N) is 1. The zero-order chi connectivity index (χ0) is 10.9. The van der Waals surface area contributed by atoms with Gasteiger partial charge in [-0.25, -0.2) is 17.2 Å². The predicted molar refractivity (Wildman–Crippen MR) is 46.6 cm³/mol. The topological polar surface area (TPSA) is 73.1 Å². The van der Waals surface area contributed by atoms with Gasteiger partial charge in [0.2, 0.25) is 0 Å². The number of nitrogens with two attached hydrogens (primary N) is 1. The maximum absolute atomic E-state index is 12.2. The van der Waals surface area contributed by atoms with Crippen molar-refractivity contribution in [3.63, 3.8) is 0 Å². The normalized spacial score (nSPS) is 12.0. The van der Waals surface area contributed by atoms with Gasteiger partial charge >= 0.3 is 0 Å². The molecule has 1 rings (SSSR count). The number of pyridine rings is 1. The summed E-state index contributed by atoms with van der Waals surface area (Å²) >= 11 is 0. The summed E-state index contributed by atoms with van der Waals surface area (Å²) in [6.07, 6.45) is -2.03. The molecule has 0 aliphatic carbocycles. The second kappa shape index (κ2) is 3.66. The highest BCUT2D eigenvalue weighted by Crippen LogP contribution is 2.29. The molecular weight excluding hydrogens is 238 g/mol. The molecule has 14 heavy (non-hydrogen) atoms. The first-order valence-electron chi connectivity index (χ1n) is 3.31. The van der Waals surface area contributed by atoms with Crippen molar-refractivity contribution in [2.75, 3.05) is 5.73 Å². The Hall–Kier alpha value is -0.950. The second-order valence-electron chi connectivity index (χ2n) is 2.35. The Kier molecular flexibility index (Phi) is 2.91. The Balaban J connectivity index is 3.43. The summed E-state index contributed by atoms with van der Waals surface area (Å²) in [6.45, 7) is 0. The van der Waals surface area contributed by atoms with Crippen molar-refractivity contribution in [2.24, 2.45) is 0 Å². The third-order valence-electron chi connectivity index (χ3n) is 1.45. The molecule has 0 fully saturated rings. The van der Waals surface area contributed by atoms with Crippen LogP contribution in [0, 0.1) is 0 Å². The Morgan fingerprint density at radius 2 is 2.07 bits per heavy atom. The van der Waals surface area contributed by atoms with Crippen molar-refractivity contribution in [3.8, 4) is 0 Å². The summed E-state index contributed by atoms with van der Waals surface area (Å²) < 4.78 is 46.1. The molecule has 1 aromatic rings. The van der Waals surface area contributed by atoms with E-state index in [2.05, 4.69) is 4.98 Å². The third-order valence-corrected chi connectivity index (χ3v) is 2.83. The van der Waals surface area contributed by atoms with E-state index in [1.54, 1.807) is 0 Å². The van der Waals surface area contributed by atoms with Crippen molar-refractivity contribution in [3.05, 3.63) is 18.0 Å². The number of halogens is 3. The molecule has 0 aliphatic heterocycles. The van der Waals surface area contributed by atoms with E-state index in [4.69, 9.17) is 16.4 Å². The van der Waals surface area contributed by atoms with Crippen LogP contribution < -0.4 is 5.73 Å². The summed E-state index contributed by atoms with van der Waals surface area (Å²) in [5, 5.41) is 0. The first kappa shape index (κ1) is 11.1. The molecule has 0 spiro atoms. The van der Waals surface area contributed by atoms with E-state index in [0.29, 0.717) is 0 Å². The largest absolute Gasteiger partial charge is 0.396 e. The van der Waals surface area contributed by atoms with Crippen LogP contribution in [0.25, 0.3) is 0 Å². The maximum Gasteiger partial charge on any atom is 0.282 e. The van der Waals surface area contributed by atoms with Gasteiger partial charge in [0, 0.05) is 16.9 Å². The lowest BCUT2D eigenvalue weighted by Gasteiger charge is -2.06. The quantitative estimate of drug-likeness (QED) is 0.798. The Labute approximate surface area is 83.1 Å². The van der Waals surface area contributed by atoms with Crippen molar-refractivity contribution in [2.45, 2.75) is 11.3 Å². The Morgan fingerprint density at radius 1 is 1.50 bits per heavy atom. The molecule has 8 heteroatoms. The molecular formula is C6H5ClF2N2O2S. The number of hydrogen-bond donors (Lipinski definition) is 1. The molecule has 4 nitrogen and oxygen atoms in total. The molecule has 0 radical (unpaired) electrons. The van der Waals surface area contributed by atoms with E-state index in [1.165, 1.54) is 0 Å². The van der Waals surface area contributed by atoms with Gasteiger partial charge in [-0.3, -0.25) is 4.98 Å². The van der Waals surface area contributed by atoms with Crippen LogP contribution >= 0.6 is 10.7 Å². The van der Waals surface area contributed by atoms with Crippen molar-refractivity contribution in [1.82, 2.24) is 4.98 Å². The van der Waals surface area contributed by atoms with Crippen molar-refractivity contribution in [1.29, 1.82) is 0 Å². The van der Waals surface area contributed by atoms with Crippen molar-refractivity contribution < 1.29 is 17.2 Å². The minimum atomic E-state index is -4.12. The molecule has 1 heterocycles. The summed E-state index contributed by atoms with van der Waals surface area (Å²) in [4.78, 5) is 2.70. The van der Waals surface area contributed by atoms with Gasteiger partial charge in [0.1, 0.15) is 10.6 Å². The van der Waals surface area contributed by atoms with Gasteiger partial charge in [-0.1, -0.05) is 0 Å². The lowest BCUT2D eigenvalue weighted by atomic mass is 10.3. The third kappa shape index (κ3) is 2.10. The van der Waals surface area contributed by atoms with Crippen LogP contribution in [0.5, 0.6) is 0 Å². The van der Waals surface area contributed by atoms with E-state index in [9.17, 15) is 17.2 Å². The number of hydrogen-bond acceptors (Lipinski definition) is 4. The first-order chi connectivity index (χ1) is 6.34. The van der Waals surface area contributed by atoms with Crippen LogP contribution in [-0.4, -0.2) is 13.4 Å². The van der Waals surface area contributed by atoms with Gasteiger partial charge in [-0.15, -0.1) is 0 Å². The Bertz CT molecular complexity index is 449. The Morgan fingerprint density at radius 3 is 2.50 bits per heavy atom. The monoisotopic (exact) mass is 242 g/mol. The average Bonchev–Trinajstić information content (AvgIpc) is 2.01. The maximum atomic E-state index is 12.2.